The molecule has 1 heterocycles. The maximum Gasteiger partial charge on any atom is 0.332 e. The number of amides is 2. The lowest BCUT2D eigenvalue weighted by molar-refractivity contribution is 0.249. The van der Waals surface area contributed by atoms with Gasteiger partial charge < -0.3 is 15.2 Å². The molecule has 0 aliphatic heterocycles. The van der Waals surface area contributed by atoms with Gasteiger partial charge in [-0.25, -0.2) is 10.2 Å². The van der Waals surface area contributed by atoms with Gasteiger partial charge in [-0.05, 0) is 35.9 Å². The molecule has 3 rings (SSSR count). The van der Waals surface area contributed by atoms with Gasteiger partial charge in [0, 0.05) is 17.1 Å². The van der Waals surface area contributed by atoms with E-state index in [2.05, 4.69) is 15.5 Å². The van der Waals surface area contributed by atoms with Gasteiger partial charge in [0.2, 0.25) is 0 Å². The average Bonchev–Trinajstić information content (AvgIpc) is 2.66. The second-order valence-corrected chi connectivity index (χ2v) is 5.43. The van der Waals surface area contributed by atoms with Crippen LogP contribution in [0.1, 0.15) is 11.1 Å². The second-order valence-electron chi connectivity index (χ2n) is 5.43. The molecule has 0 atom stereocenters. The fourth-order valence-electron chi connectivity index (χ4n) is 2.51. The zero-order chi connectivity index (χ0) is 18.4. The Balaban J connectivity index is 1.81. The number of hydrogen-bond acceptors (Lipinski definition) is 5. The van der Waals surface area contributed by atoms with Crippen molar-refractivity contribution in [2.24, 2.45) is 10.8 Å². The Morgan fingerprint density at radius 1 is 1.23 bits per heavy atom. The van der Waals surface area contributed by atoms with Gasteiger partial charge in [-0.2, -0.15) is 5.10 Å². The fourth-order valence-corrected chi connectivity index (χ4v) is 2.51. The molecule has 0 spiro atoms. The number of carbonyl (C=O) groups excluding carboxylic acids is 1. The van der Waals surface area contributed by atoms with Crippen LogP contribution < -0.4 is 20.6 Å². The van der Waals surface area contributed by atoms with Gasteiger partial charge in [-0.15, -0.1) is 0 Å². The number of nitrogens with zero attached hydrogens (tertiary/aromatic N) is 2. The van der Waals surface area contributed by atoms with Crippen molar-refractivity contribution in [2.45, 2.75) is 6.61 Å². The molecule has 7 nitrogen and oxygen atoms in total. The monoisotopic (exact) mass is 350 g/mol. The van der Waals surface area contributed by atoms with Crippen LogP contribution in [0, 0.1) is 0 Å². The molecule has 0 aliphatic carbocycles. The molecule has 0 fully saturated rings. The van der Waals surface area contributed by atoms with Gasteiger partial charge in [0.05, 0.1) is 13.3 Å². The van der Waals surface area contributed by atoms with Crippen molar-refractivity contribution < 1.29 is 14.3 Å². The summed E-state index contributed by atoms with van der Waals surface area (Å²) in [5.41, 5.74) is 9.55. The predicted octanol–water partition coefficient (Wildman–Crippen LogP) is 2.82. The van der Waals surface area contributed by atoms with E-state index in [0.29, 0.717) is 18.1 Å². The van der Waals surface area contributed by atoms with Crippen LogP contribution in [0.5, 0.6) is 11.5 Å². The summed E-state index contributed by atoms with van der Waals surface area (Å²) in [7, 11) is 1.60. The number of methoxy groups -OCH3 is 1. The molecule has 2 aromatic carbocycles. The third kappa shape index (κ3) is 4.07. The molecular weight excluding hydrogens is 332 g/mol. The second kappa shape index (κ2) is 7.98. The molecule has 3 aromatic rings. The number of fused-ring (bicyclic) bond motifs is 1. The Morgan fingerprint density at radius 2 is 2.08 bits per heavy atom. The SMILES string of the molecule is COc1ccc(C=NNC(N)=O)cc1COc1cccc2cccnc12. The van der Waals surface area contributed by atoms with E-state index in [-0.39, 0.29) is 0 Å². The summed E-state index contributed by atoms with van der Waals surface area (Å²) in [5.74, 6) is 1.39. The highest BCUT2D eigenvalue weighted by Crippen LogP contribution is 2.26. The summed E-state index contributed by atoms with van der Waals surface area (Å²) in [6, 6.07) is 14.4. The first-order chi connectivity index (χ1) is 12.7. The minimum absolute atomic E-state index is 0.295. The van der Waals surface area contributed by atoms with Crippen molar-refractivity contribution >= 4 is 23.1 Å². The highest BCUT2D eigenvalue weighted by atomic mass is 16.5. The van der Waals surface area contributed by atoms with Crippen LogP contribution >= 0.6 is 0 Å². The van der Waals surface area contributed by atoms with Crippen molar-refractivity contribution in [2.75, 3.05) is 7.11 Å². The molecule has 0 bridgehead atoms. The van der Waals surface area contributed by atoms with Crippen molar-refractivity contribution in [1.29, 1.82) is 0 Å². The predicted molar refractivity (Wildman–Crippen MR) is 99.4 cm³/mol. The quantitative estimate of drug-likeness (QED) is 0.527. The van der Waals surface area contributed by atoms with Gasteiger partial charge in [0.25, 0.3) is 0 Å². The van der Waals surface area contributed by atoms with Crippen LogP contribution in [0.25, 0.3) is 10.9 Å². The van der Waals surface area contributed by atoms with Gasteiger partial charge >= 0.3 is 6.03 Å². The van der Waals surface area contributed by atoms with E-state index in [0.717, 1.165) is 22.0 Å². The summed E-state index contributed by atoms with van der Waals surface area (Å²) in [6.45, 7) is 0.295. The zero-order valence-corrected chi connectivity index (χ0v) is 14.2. The summed E-state index contributed by atoms with van der Waals surface area (Å²) in [4.78, 5) is 15.1. The lowest BCUT2D eigenvalue weighted by atomic mass is 10.1. The first kappa shape index (κ1) is 17.2. The Labute approximate surface area is 150 Å². The van der Waals surface area contributed by atoms with E-state index in [4.69, 9.17) is 15.2 Å². The number of hydrazone groups is 1. The van der Waals surface area contributed by atoms with Gasteiger partial charge in [0.15, 0.2) is 0 Å². The molecule has 26 heavy (non-hydrogen) atoms. The minimum atomic E-state index is -0.721. The van der Waals surface area contributed by atoms with E-state index in [1.54, 1.807) is 13.3 Å². The molecule has 0 saturated carbocycles. The average molecular weight is 350 g/mol. The van der Waals surface area contributed by atoms with Gasteiger partial charge in [-0.3, -0.25) is 4.98 Å². The number of ether oxygens (including phenoxy) is 2. The summed E-state index contributed by atoms with van der Waals surface area (Å²) >= 11 is 0. The number of primary amides is 1. The molecule has 1 aromatic heterocycles. The number of nitrogens with two attached hydrogens (primary N) is 1. The first-order valence-electron chi connectivity index (χ1n) is 7.89. The number of rotatable bonds is 6. The Hall–Kier alpha value is -3.61. The van der Waals surface area contributed by atoms with Crippen molar-refractivity contribution in [3.8, 4) is 11.5 Å². The molecule has 0 unspecified atom stereocenters. The summed E-state index contributed by atoms with van der Waals surface area (Å²) < 4.78 is 11.4. The van der Waals surface area contributed by atoms with Gasteiger partial charge in [-0.1, -0.05) is 18.2 Å². The molecule has 2 amide bonds. The molecule has 7 heteroatoms. The molecule has 0 aliphatic rings. The van der Waals surface area contributed by atoms with Crippen LogP contribution in [0.3, 0.4) is 0 Å². The van der Waals surface area contributed by atoms with E-state index in [1.807, 2.05) is 48.5 Å². The van der Waals surface area contributed by atoms with Crippen LogP contribution in [-0.2, 0) is 6.61 Å². The van der Waals surface area contributed by atoms with E-state index < -0.39 is 6.03 Å². The number of pyridine rings is 1. The number of nitrogens with one attached hydrogen (secondary N) is 1. The number of hydrogen-bond donors (Lipinski definition) is 2. The number of para-hydroxylation sites is 1. The largest absolute Gasteiger partial charge is 0.496 e. The van der Waals surface area contributed by atoms with Crippen LogP contribution in [0.2, 0.25) is 0 Å². The fraction of sp³-hybridized carbons (Fsp3) is 0.105. The standard InChI is InChI=1S/C19H18N4O3/c1-25-16-8-7-13(11-22-23-19(20)24)10-15(16)12-26-17-6-2-4-14-5-3-9-21-18(14)17/h2-11H,12H2,1H3,(H3,20,23,24). The first-order valence-corrected chi connectivity index (χ1v) is 7.89. The maximum atomic E-state index is 10.7. The molecule has 132 valence electrons. The van der Waals surface area contributed by atoms with Crippen molar-refractivity contribution in [3.05, 3.63) is 65.9 Å². The van der Waals surface area contributed by atoms with E-state index >= 15 is 0 Å². The van der Waals surface area contributed by atoms with E-state index in [9.17, 15) is 4.79 Å². The number of urea groups is 1. The number of benzene rings is 2. The summed E-state index contributed by atoms with van der Waals surface area (Å²) in [6.07, 6.45) is 3.23. The third-order valence-electron chi connectivity index (χ3n) is 3.67. The molecule has 0 saturated heterocycles. The van der Waals surface area contributed by atoms with Crippen molar-refractivity contribution in [3.63, 3.8) is 0 Å². The lowest BCUT2D eigenvalue weighted by Gasteiger charge is -2.12. The highest BCUT2D eigenvalue weighted by molar-refractivity contribution is 5.84. The third-order valence-corrected chi connectivity index (χ3v) is 3.67. The smallest absolute Gasteiger partial charge is 0.332 e. The number of aromatic nitrogens is 1. The highest BCUT2D eigenvalue weighted by Gasteiger charge is 2.08. The minimum Gasteiger partial charge on any atom is -0.496 e. The zero-order valence-electron chi connectivity index (χ0n) is 14.2. The lowest BCUT2D eigenvalue weighted by Crippen LogP contribution is -2.24. The summed E-state index contributed by atoms with van der Waals surface area (Å²) in [5, 5.41) is 4.77. The molecule has 3 N–H and O–H groups in total. The van der Waals surface area contributed by atoms with Crippen LogP contribution in [-0.4, -0.2) is 24.3 Å². The van der Waals surface area contributed by atoms with E-state index in [1.165, 1.54) is 6.21 Å². The Morgan fingerprint density at radius 3 is 2.88 bits per heavy atom. The number of carbonyl (C=O) groups is 1. The Bertz CT molecular complexity index is 951. The molecule has 0 radical (unpaired) electrons. The van der Waals surface area contributed by atoms with Gasteiger partial charge in [0.1, 0.15) is 23.6 Å². The Kier molecular flexibility index (Phi) is 5.28. The van der Waals surface area contributed by atoms with Crippen molar-refractivity contribution in [1.82, 2.24) is 10.4 Å². The molecular formula is C19H18N4O3. The maximum absolute atomic E-state index is 10.7. The topological polar surface area (TPSA) is 98.8 Å². The van der Waals surface area contributed by atoms with Crippen LogP contribution in [0.15, 0.2) is 59.8 Å². The normalized spacial score (nSPS) is 10.8. The van der Waals surface area contributed by atoms with Crippen LogP contribution in [0.4, 0.5) is 4.79 Å².